The molecule has 0 radical (unpaired) electrons. The SMILES string of the molecule is Cc1c(N)c2c(cn3ccccc23)n1C. The monoisotopic (exact) mass is 199 g/mol. The number of nitrogen functional groups attached to an aromatic ring is 1. The molecule has 3 nitrogen and oxygen atoms in total. The Bertz CT molecular complexity index is 658. The van der Waals surface area contributed by atoms with Crippen molar-refractivity contribution in [3.63, 3.8) is 0 Å². The van der Waals surface area contributed by atoms with Crippen LogP contribution in [-0.2, 0) is 7.05 Å². The van der Waals surface area contributed by atoms with E-state index in [2.05, 4.69) is 28.2 Å². The predicted octanol–water partition coefficient (Wildman–Crippen LogP) is 2.32. The van der Waals surface area contributed by atoms with Crippen LogP contribution in [0.1, 0.15) is 5.69 Å². The molecule has 0 aliphatic rings. The van der Waals surface area contributed by atoms with Gasteiger partial charge in [0.15, 0.2) is 0 Å². The Morgan fingerprint density at radius 1 is 1.20 bits per heavy atom. The van der Waals surface area contributed by atoms with Crippen LogP contribution < -0.4 is 5.73 Å². The van der Waals surface area contributed by atoms with Crippen LogP contribution in [-0.4, -0.2) is 8.97 Å². The number of nitrogens with two attached hydrogens (primary N) is 1. The molecule has 76 valence electrons. The molecule has 0 saturated carbocycles. The van der Waals surface area contributed by atoms with E-state index in [0.29, 0.717) is 0 Å². The molecule has 0 saturated heterocycles. The van der Waals surface area contributed by atoms with Gasteiger partial charge >= 0.3 is 0 Å². The lowest BCUT2D eigenvalue weighted by atomic mass is 10.2. The number of anilines is 1. The Balaban J connectivity index is 2.65. The molecular formula is C12H13N3. The van der Waals surface area contributed by atoms with Crippen LogP contribution in [0.15, 0.2) is 30.6 Å². The molecule has 3 heterocycles. The summed E-state index contributed by atoms with van der Waals surface area (Å²) in [4.78, 5) is 0. The summed E-state index contributed by atoms with van der Waals surface area (Å²) in [5.74, 6) is 0. The van der Waals surface area contributed by atoms with Gasteiger partial charge in [-0.2, -0.15) is 0 Å². The Kier molecular flexibility index (Phi) is 1.44. The summed E-state index contributed by atoms with van der Waals surface area (Å²) in [5.41, 5.74) is 10.5. The van der Waals surface area contributed by atoms with Gasteiger partial charge in [0.1, 0.15) is 0 Å². The van der Waals surface area contributed by atoms with Crippen molar-refractivity contribution in [1.29, 1.82) is 0 Å². The summed E-state index contributed by atoms with van der Waals surface area (Å²) in [6.45, 7) is 2.05. The lowest BCUT2D eigenvalue weighted by molar-refractivity contribution is 0.917. The minimum Gasteiger partial charge on any atom is -0.397 e. The van der Waals surface area contributed by atoms with Crippen LogP contribution >= 0.6 is 0 Å². The second-order valence-electron chi connectivity index (χ2n) is 3.94. The highest BCUT2D eigenvalue weighted by Gasteiger charge is 2.13. The van der Waals surface area contributed by atoms with Gasteiger partial charge in [-0.25, -0.2) is 0 Å². The van der Waals surface area contributed by atoms with Crippen LogP contribution in [0.25, 0.3) is 16.4 Å². The number of pyridine rings is 1. The zero-order valence-electron chi connectivity index (χ0n) is 8.86. The van der Waals surface area contributed by atoms with Gasteiger partial charge in [-0.05, 0) is 19.1 Å². The smallest absolute Gasteiger partial charge is 0.0691 e. The first-order chi connectivity index (χ1) is 7.20. The van der Waals surface area contributed by atoms with E-state index in [1.54, 1.807) is 0 Å². The highest BCUT2D eigenvalue weighted by atomic mass is 15.0. The fraction of sp³-hybridized carbons (Fsp3) is 0.167. The number of fused-ring (bicyclic) bond motifs is 3. The third kappa shape index (κ3) is 0.897. The zero-order chi connectivity index (χ0) is 10.6. The van der Waals surface area contributed by atoms with Crippen molar-refractivity contribution in [2.45, 2.75) is 6.92 Å². The summed E-state index contributed by atoms with van der Waals surface area (Å²) in [7, 11) is 2.05. The van der Waals surface area contributed by atoms with Crippen molar-refractivity contribution in [1.82, 2.24) is 8.97 Å². The number of rotatable bonds is 0. The van der Waals surface area contributed by atoms with Gasteiger partial charge in [-0.1, -0.05) is 6.07 Å². The molecule has 0 fully saturated rings. The topological polar surface area (TPSA) is 35.4 Å². The van der Waals surface area contributed by atoms with Crippen molar-refractivity contribution in [3.05, 3.63) is 36.3 Å². The molecular weight excluding hydrogens is 186 g/mol. The number of aromatic nitrogens is 2. The molecule has 0 amide bonds. The third-order valence-electron chi connectivity index (χ3n) is 3.19. The standard InChI is InChI=1S/C12H13N3/c1-8-12(13)11-9-5-3-4-6-15(9)7-10(11)14(8)2/h3-7H,13H2,1-2H3. The number of aryl methyl sites for hydroxylation is 1. The number of nitrogens with zero attached hydrogens (tertiary/aromatic N) is 2. The van der Waals surface area contributed by atoms with Gasteiger partial charge in [-0.3, -0.25) is 0 Å². The summed E-state index contributed by atoms with van der Waals surface area (Å²) in [6, 6.07) is 6.16. The normalized spacial score (nSPS) is 11.6. The van der Waals surface area contributed by atoms with Gasteiger partial charge in [0, 0.05) is 30.5 Å². The quantitative estimate of drug-likeness (QED) is 0.592. The van der Waals surface area contributed by atoms with Crippen LogP contribution in [0.2, 0.25) is 0 Å². The van der Waals surface area contributed by atoms with Crippen molar-refractivity contribution >= 4 is 22.1 Å². The Morgan fingerprint density at radius 3 is 2.80 bits per heavy atom. The van der Waals surface area contributed by atoms with Gasteiger partial charge < -0.3 is 14.7 Å². The fourth-order valence-electron chi connectivity index (χ4n) is 2.18. The van der Waals surface area contributed by atoms with Crippen molar-refractivity contribution < 1.29 is 0 Å². The number of hydrogen-bond donors (Lipinski definition) is 1. The van der Waals surface area contributed by atoms with Gasteiger partial charge in [-0.15, -0.1) is 0 Å². The van der Waals surface area contributed by atoms with E-state index in [9.17, 15) is 0 Å². The van der Waals surface area contributed by atoms with Gasteiger partial charge in [0.05, 0.1) is 16.7 Å². The average molecular weight is 199 g/mol. The van der Waals surface area contributed by atoms with E-state index in [4.69, 9.17) is 5.73 Å². The van der Waals surface area contributed by atoms with Crippen LogP contribution in [0, 0.1) is 6.92 Å². The lowest BCUT2D eigenvalue weighted by Gasteiger charge is -1.98. The first kappa shape index (κ1) is 8.41. The summed E-state index contributed by atoms with van der Waals surface area (Å²) >= 11 is 0. The van der Waals surface area contributed by atoms with Crippen molar-refractivity contribution in [2.75, 3.05) is 5.73 Å². The second kappa shape index (κ2) is 2.57. The van der Waals surface area contributed by atoms with Crippen LogP contribution in [0.4, 0.5) is 5.69 Å². The minimum absolute atomic E-state index is 0.890. The molecule has 0 aliphatic carbocycles. The Morgan fingerprint density at radius 2 is 2.00 bits per heavy atom. The van der Waals surface area contributed by atoms with E-state index in [-0.39, 0.29) is 0 Å². The first-order valence-electron chi connectivity index (χ1n) is 5.00. The van der Waals surface area contributed by atoms with Crippen molar-refractivity contribution in [2.24, 2.45) is 7.05 Å². The van der Waals surface area contributed by atoms with E-state index in [1.165, 1.54) is 11.0 Å². The molecule has 0 spiro atoms. The van der Waals surface area contributed by atoms with E-state index < -0.39 is 0 Å². The molecule has 0 unspecified atom stereocenters. The highest BCUT2D eigenvalue weighted by molar-refractivity contribution is 6.05. The molecule has 3 rings (SSSR count). The van der Waals surface area contributed by atoms with E-state index in [0.717, 1.165) is 16.8 Å². The van der Waals surface area contributed by atoms with Crippen molar-refractivity contribution in [3.8, 4) is 0 Å². The average Bonchev–Trinajstić information content (AvgIpc) is 2.72. The predicted molar refractivity (Wildman–Crippen MR) is 63.0 cm³/mol. The fourth-order valence-corrected chi connectivity index (χ4v) is 2.18. The van der Waals surface area contributed by atoms with Crippen LogP contribution in [0.3, 0.4) is 0 Å². The zero-order valence-corrected chi connectivity index (χ0v) is 8.86. The minimum atomic E-state index is 0.890. The largest absolute Gasteiger partial charge is 0.397 e. The molecule has 3 heteroatoms. The van der Waals surface area contributed by atoms with E-state index >= 15 is 0 Å². The maximum atomic E-state index is 6.12. The highest BCUT2D eigenvalue weighted by Crippen LogP contribution is 2.31. The first-order valence-corrected chi connectivity index (χ1v) is 5.00. The summed E-state index contributed by atoms with van der Waals surface area (Å²) in [5, 5.41) is 1.16. The molecule has 3 aromatic heterocycles. The summed E-state index contributed by atoms with van der Waals surface area (Å²) in [6.07, 6.45) is 4.16. The lowest BCUT2D eigenvalue weighted by Crippen LogP contribution is -1.93. The third-order valence-corrected chi connectivity index (χ3v) is 3.19. The van der Waals surface area contributed by atoms with Gasteiger partial charge in [0.25, 0.3) is 0 Å². The van der Waals surface area contributed by atoms with E-state index in [1.807, 2.05) is 25.4 Å². The maximum Gasteiger partial charge on any atom is 0.0691 e. The maximum absolute atomic E-state index is 6.12. The van der Waals surface area contributed by atoms with Crippen LogP contribution in [0.5, 0.6) is 0 Å². The molecule has 0 aromatic carbocycles. The second-order valence-corrected chi connectivity index (χ2v) is 3.94. The molecule has 0 aliphatic heterocycles. The Labute approximate surface area is 87.7 Å². The molecule has 15 heavy (non-hydrogen) atoms. The molecule has 0 atom stereocenters. The van der Waals surface area contributed by atoms with Gasteiger partial charge in [0.2, 0.25) is 0 Å². The molecule has 3 aromatic rings. The number of hydrogen-bond acceptors (Lipinski definition) is 1. The Hall–Kier alpha value is -1.90. The molecule has 2 N–H and O–H groups in total. The summed E-state index contributed by atoms with van der Waals surface area (Å²) < 4.78 is 4.25. The molecule has 0 bridgehead atoms.